The molecule has 4 atom stereocenters. The van der Waals surface area contributed by atoms with E-state index in [1.165, 1.54) is 18.1 Å². The first-order valence-corrected chi connectivity index (χ1v) is 6.56. The normalized spacial score (nSPS) is 33.9. The van der Waals surface area contributed by atoms with Gasteiger partial charge < -0.3 is 24.1 Å². The summed E-state index contributed by atoms with van der Waals surface area (Å²) in [5.74, 6) is -1.47. The first-order chi connectivity index (χ1) is 9.95. The molecule has 21 heavy (non-hydrogen) atoms. The predicted octanol–water partition coefficient (Wildman–Crippen LogP) is -0.526. The second-order valence-electron chi connectivity index (χ2n) is 5.35. The lowest BCUT2D eigenvalue weighted by atomic mass is 10.1. The third-order valence-corrected chi connectivity index (χ3v) is 3.44. The van der Waals surface area contributed by atoms with Crippen LogP contribution in [-0.2, 0) is 18.9 Å². The zero-order valence-corrected chi connectivity index (χ0v) is 11.9. The number of hydrogen-bond donors (Lipinski definition) is 1. The average molecular weight is 299 g/mol. The van der Waals surface area contributed by atoms with Crippen molar-refractivity contribution < 1.29 is 28.8 Å². The molecule has 1 aromatic rings. The molecule has 0 radical (unpaired) electrons. The Hall–Kier alpha value is -1.55. The second-order valence-corrected chi connectivity index (χ2v) is 5.35. The summed E-state index contributed by atoms with van der Waals surface area (Å²) in [6, 6.07) is 0. The SMILES string of the molecule is COC(=O)c1ncn(C2O[C@H](CO)[C@H]3OC(C)(C)O[C@@H]23)n1. The van der Waals surface area contributed by atoms with Crippen LogP contribution in [0, 0.1) is 0 Å². The lowest BCUT2D eigenvalue weighted by molar-refractivity contribution is -0.201. The number of aliphatic hydroxyl groups excluding tert-OH is 1. The van der Waals surface area contributed by atoms with Crippen LogP contribution in [0.3, 0.4) is 0 Å². The summed E-state index contributed by atoms with van der Waals surface area (Å²) in [5, 5.41) is 13.4. The number of aliphatic hydroxyl groups is 1. The molecule has 2 aliphatic heterocycles. The van der Waals surface area contributed by atoms with Gasteiger partial charge in [-0.15, -0.1) is 5.10 Å². The van der Waals surface area contributed by atoms with Gasteiger partial charge in [0.2, 0.25) is 0 Å². The lowest BCUT2D eigenvalue weighted by Crippen LogP contribution is -2.31. The lowest BCUT2D eigenvalue weighted by Gasteiger charge is -2.23. The molecule has 0 aliphatic carbocycles. The minimum absolute atomic E-state index is 0.0664. The third kappa shape index (κ3) is 2.42. The van der Waals surface area contributed by atoms with Crippen LogP contribution >= 0.6 is 0 Å². The number of nitrogens with zero attached hydrogens (tertiary/aromatic N) is 3. The van der Waals surface area contributed by atoms with Crippen LogP contribution in [0.2, 0.25) is 0 Å². The average Bonchev–Trinajstić information content (AvgIpc) is 3.10. The molecule has 0 spiro atoms. The molecule has 1 unspecified atom stereocenters. The maximum Gasteiger partial charge on any atom is 0.377 e. The molecule has 9 nitrogen and oxygen atoms in total. The van der Waals surface area contributed by atoms with Crippen LogP contribution in [0.1, 0.15) is 30.7 Å². The summed E-state index contributed by atoms with van der Waals surface area (Å²) in [4.78, 5) is 15.3. The Labute approximate surface area is 120 Å². The van der Waals surface area contributed by atoms with E-state index in [4.69, 9.17) is 14.2 Å². The number of hydrogen-bond acceptors (Lipinski definition) is 8. The Kier molecular flexibility index (Phi) is 3.44. The van der Waals surface area contributed by atoms with E-state index in [1.54, 1.807) is 13.8 Å². The first-order valence-electron chi connectivity index (χ1n) is 6.56. The van der Waals surface area contributed by atoms with Gasteiger partial charge in [-0.3, -0.25) is 0 Å². The standard InChI is InChI=1S/C12H17N3O6/c1-12(2)20-7-6(4-16)19-10(8(7)21-12)15-5-13-9(14-15)11(17)18-3/h5-8,10,16H,4H2,1-3H3/t6-,7-,8-,10?/m1/s1. The summed E-state index contributed by atoms with van der Waals surface area (Å²) < 4.78 is 23.2. The molecule has 0 bridgehead atoms. The number of rotatable bonds is 3. The zero-order valence-electron chi connectivity index (χ0n) is 11.9. The van der Waals surface area contributed by atoms with Crippen molar-refractivity contribution in [3.63, 3.8) is 0 Å². The Morgan fingerprint density at radius 1 is 1.48 bits per heavy atom. The van der Waals surface area contributed by atoms with E-state index >= 15 is 0 Å². The van der Waals surface area contributed by atoms with Gasteiger partial charge in [-0.1, -0.05) is 0 Å². The molecule has 3 heterocycles. The minimum atomic E-state index is -0.767. The van der Waals surface area contributed by atoms with Crippen LogP contribution in [0.25, 0.3) is 0 Å². The maximum absolute atomic E-state index is 11.4. The molecule has 1 aromatic heterocycles. The molecule has 9 heteroatoms. The number of esters is 1. The monoisotopic (exact) mass is 299 g/mol. The first kappa shape index (κ1) is 14.4. The van der Waals surface area contributed by atoms with E-state index in [0.717, 1.165) is 0 Å². The van der Waals surface area contributed by atoms with Gasteiger partial charge in [0, 0.05) is 0 Å². The van der Waals surface area contributed by atoms with Gasteiger partial charge in [-0.25, -0.2) is 14.5 Å². The fourth-order valence-corrected chi connectivity index (χ4v) is 2.60. The topological polar surface area (TPSA) is 105 Å². The molecule has 0 amide bonds. The Bertz CT molecular complexity index is 545. The van der Waals surface area contributed by atoms with E-state index in [0.29, 0.717) is 0 Å². The maximum atomic E-state index is 11.4. The summed E-state index contributed by atoms with van der Waals surface area (Å²) in [5.41, 5.74) is 0. The van der Waals surface area contributed by atoms with Gasteiger partial charge in [-0.05, 0) is 13.8 Å². The van der Waals surface area contributed by atoms with Gasteiger partial charge in [-0.2, -0.15) is 0 Å². The van der Waals surface area contributed by atoms with Crippen LogP contribution in [0.5, 0.6) is 0 Å². The number of carbonyl (C=O) groups is 1. The molecule has 116 valence electrons. The van der Waals surface area contributed by atoms with Crippen molar-refractivity contribution in [2.45, 2.75) is 44.2 Å². The largest absolute Gasteiger partial charge is 0.463 e. The van der Waals surface area contributed by atoms with Gasteiger partial charge in [0.15, 0.2) is 12.0 Å². The minimum Gasteiger partial charge on any atom is -0.463 e. The van der Waals surface area contributed by atoms with Crippen molar-refractivity contribution in [2.24, 2.45) is 0 Å². The fourth-order valence-electron chi connectivity index (χ4n) is 2.60. The highest BCUT2D eigenvalue weighted by Gasteiger charge is 2.56. The van der Waals surface area contributed by atoms with Crippen LogP contribution in [-0.4, -0.2) is 63.7 Å². The quantitative estimate of drug-likeness (QED) is 0.743. The highest BCUT2D eigenvalue weighted by Crippen LogP contribution is 2.42. The van der Waals surface area contributed by atoms with Crippen molar-refractivity contribution >= 4 is 5.97 Å². The van der Waals surface area contributed by atoms with Crippen molar-refractivity contribution in [1.29, 1.82) is 0 Å². The van der Waals surface area contributed by atoms with Crippen molar-refractivity contribution in [3.8, 4) is 0 Å². The zero-order chi connectivity index (χ0) is 15.2. The van der Waals surface area contributed by atoms with E-state index in [1.807, 2.05) is 0 Å². The highest BCUT2D eigenvalue weighted by molar-refractivity contribution is 5.84. The fraction of sp³-hybridized carbons (Fsp3) is 0.750. The van der Waals surface area contributed by atoms with Crippen LogP contribution in [0.15, 0.2) is 6.33 Å². The number of aromatic nitrogens is 3. The molecule has 2 fully saturated rings. The van der Waals surface area contributed by atoms with E-state index < -0.39 is 36.3 Å². The molecular formula is C12H17N3O6. The number of ether oxygens (including phenoxy) is 4. The van der Waals surface area contributed by atoms with E-state index in [-0.39, 0.29) is 12.4 Å². The summed E-state index contributed by atoms with van der Waals surface area (Å²) >= 11 is 0. The molecule has 0 aromatic carbocycles. The van der Waals surface area contributed by atoms with E-state index in [9.17, 15) is 9.90 Å². The Balaban J connectivity index is 1.85. The Morgan fingerprint density at radius 2 is 2.19 bits per heavy atom. The molecule has 1 N–H and O–H groups in total. The second kappa shape index (κ2) is 5.02. The van der Waals surface area contributed by atoms with Gasteiger partial charge in [0.05, 0.1) is 13.7 Å². The Morgan fingerprint density at radius 3 is 2.86 bits per heavy atom. The van der Waals surface area contributed by atoms with Crippen molar-refractivity contribution in [2.75, 3.05) is 13.7 Å². The van der Waals surface area contributed by atoms with Crippen molar-refractivity contribution in [3.05, 3.63) is 12.2 Å². The molecular weight excluding hydrogens is 282 g/mol. The number of fused-ring (bicyclic) bond motifs is 1. The van der Waals surface area contributed by atoms with E-state index in [2.05, 4.69) is 14.8 Å². The molecule has 0 saturated carbocycles. The summed E-state index contributed by atoms with van der Waals surface area (Å²) in [6.07, 6.45) is -0.625. The molecule has 3 rings (SSSR count). The van der Waals surface area contributed by atoms with Crippen molar-refractivity contribution in [1.82, 2.24) is 14.8 Å². The smallest absolute Gasteiger partial charge is 0.377 e. The van der Waals surface area contributed by atoms with Gasteiger partial charge >= 0.3 is 5.97 Å². The van der Waals surface area contributed by atoms with Crippen LogP contribution in [0.4, 0.5) is 0 Å². The predicted molar refractivity (Wildman–Crippen MR) is 66.2 cm³/mol. The molecule has 2 saturated heterocycles. The molecule has 2 aliphatic rings. The number of carbonyl (C=O) groups excluding carboxylic acids is 1. The van der Waals surface area contributed by atoms with Gasteiger partial charge in [0.25, 0.3) is 5.82 Å². The highest BCUT2D eigenvalue weighted by atomic mass is 16.8. The third-order valence-electron chi connectivity index (χ3n) is 3.44. The number of methoxy groups -OCH3 is 1. The van der Waals surface area contributed by atoms with Gasteiger partial charge in [0.1, 0.15) is 24.6 Å². The van der Waals surface area contributed by atoms with Crippen LogP contribution < -0.4 is 0 Å². The summed E-state index contributed by atoms with van der Waals surface area (Å²) in [7, 11) is 1.25. The summed E-state index contributed by atoms with van der Waals surface area (Å²) in [6.45, 7) is 3.38.